The van der Waals surface area contributed by atoms with Gasteiger partial charge in [-0.25, -0.2) is 0 Å². The van der Waals surface area contributed by atoms with Crippen LogP contribution in [0.3, 0.4) is 0 Å². The number of rotatable bonds is 4. The zero-order valence-corrected chi connectivity index (χ0v) is 15.0. The highest BCUT2D eigenvalue weighted by Crippen LogP contribution is 2.40. The molecule has 2 amide bonds. The third-order valence-electron chi connectivity index (χ3n) is 5.58. The Labute approximate surface area is 149 Å². The van der Waals surface area contributed by atoms with E-state index in [1.807, 2.05) is 41.0 Å². The molecule has 0 saturated carbocycles. The van der Waals surface area contributed by atoms with Crippen molar-refractivity contribution in [3.05, 3.63) is 42.2 Å². The van der Waals surface area contributed by atoms with Gasteiger partial charge in [-0.15, -0.1) is 0 Å². The number of hydrogen-bond acceptors (Lipinski definition) is 3. The second-order valence-electron chi connectivity index (χ2n) is 7.26. The number of amides is 2. The number of pyridine rings is 1. The first kappa shape index (κ1) is 17.6. The van der Waals surface area contributed by atoms with Crippen LogP contribution in [0.1, 0.15) is 44.6 Å². The van der Waals surface area contributed by atoms with Crippen molar-refractivity contribution in [1.29, 1.82) is 0 Å². The zero-order chi connectivity index (χ0) is 17.7. The van der Waals surface area contributed by atoms with Gasteiger partial charge in [0.1, 0.15) is 0 Å². The van der Waals surface area contributed by atoms with Gasteiger partial charge >= 0.3 is 0 Å². The lowest BCUT2D eigenvalue weighted by Gasteiger charge is -2.47. The van der Waals surface area contributed by atoms with E-state index in [0.29, 0.717) is 19.4 Å². The minimum atomic E-state index is 0.179. The molecule has 2 aliphatic rings. The summed E-state index contributed by atoms with van der Waals surface area (Å²) in [5.74, 6) is 0.461. The van der Waals surface area contributed by atoms with E-state index in [1.54, 1.807) is 12.4 Å². The highest BCUT2D eigenvalue weighted by atomic mass is 16.2. The molecule has 0 aliphatic carbocycles. The Kier molecular flexibility index (Phi) is 5.51. The summed E-state index contributed by atoms with van der Waals surface area (Å²) in [5.41, 5.74) is 1.30. The van der Waals surface area contributed by atoms with E-state index in [2.05, 4.69) is 4.98 Å². The van der Waals surface area contributed by atoms with E-state index < -0.39 is 0 Å². The predicted octanol–water partition coefficient (Wildman–Crippen LogP) is 2.78. The van der Waals surface area contributed by atoms with Crippen LogP contribution in [0.4, 0.5) is 0 Å². The normalized spacial score (nSPS) is 20.4. The van der Waals surface area contributed by atoms with E-state index in [0.717, 1.165) is 44.5 Å². The first-order chi connectivity index (χ1) is 12.1. The van der Waals surface area contributed by atoms with Crippen molar-refractivity contribution in [2.45, 2.75) is 45.6 Å². The summed E-state index contributed by atoms with van der Waals surface area (Å²) in [6, 6.07) is 3.94. The molecule has 3 heterocycles. The van der Waals surface area contributed by atoms with Crippen molar-refractivity contribution in [2.75, 3.05) is 19.6 Å². The maximum absolute atomic E-state index is 12.4. The molecule has 2 fully saturated rings. The Morgan fingerprint density at radius 2 is 1.96 bits per heavy atom. The SMILES string of the molecule is CC=CCC(=O)N1CCC2(CCC(=O)N(Cc3ccncc3)C2)CC1. The standard InChI is InChI=1S/C20H27N3O2/c1-2-3-4-18(24)22-13-9-20(10-14-22)8-5-19(25)23(16-20)15-17-6-11-21-12-7-17/h2-3,6-7,11-12H,4-5,8-10,13-16H2,1H3. The number of carbonyl (C=O) groups excluding carboxylic acids is 2. The van der Waals surface area contributed by atoms with E-state index in [4.69, 9.17) is 0 Å². The number of carbonyl (C=O) groups is 2. The molecule has 2 aliphatic heterocycles. The van der Waals surface area contributed by atoms with Gasteiger partial charge in [0.15, 0.2) is 0 Å². The van der Waals surface area contributed by atoms with Gasteiger partial charge < -0.3 is 9.80 Å². The smallest absolute Gasteiger partial charge is 0.226 e. The molecule has 3 rings (SSSR count). The summed E-state index contributed by atoms with van der Waals surface area (Å²) >= 11 is 0. The Bertz CT molecular complexity index is 634. The fourth-order valence-corrected chi connectivity index (χ4v) is 3.94. The Balaban J connectivity index is 1.59. The number of likely N-dealkylation sites (tertiary alicyclic amines) is 2. The monoisotopic (exact) mass is 341 g/mol. The number of nitrogens with zero attached hydrogens (tertiary/aromatic N) is 3. The van der Waals surface area contributed by atoms with Crippen LogP contribution in [0, 0.1) is 5.41 Å². The number of piperidine rings is 2. The lowest BCUT2D eigenvalue weighted by Crippen LogP contribution is -2.52. The fourth-order valence-electron chi connectivity index (χ4n) is 3.94. The Morgan fingerprint density at radius 3 is 2.64 bits per heavy atom. The fraction of sp³-hybridized carbons (Fsp3) is 0.550. The van der Waals surface area contributed by atoms with Gasteiger partial charge in [-0.1, -0.05) is 12.2 Å². The molecule has 1 spiro atoms. The molecule has 0 N–H and O–H groups in total. The number of allylic oxidation sites excluding steroid dienone is 1. The average molecular weight is 341 g/mol. The summed E-state index contributed by atoms with van der Waals surface area (Å²) in [6.45, 7) is 5.04. The van der Waals surface area contributed by atoms with Crippen molar-refractivity contribution in [1.82, 2.24) is 14.8 Å². The van der Waals surface area contributed by atoms with Gasteiger partial charge in [-0.2, -0.15) is 0 Å². The molecule has 2 saturated heterocycles. The minimum Gasteiger partial charge on any atom is -0.342 e. The van der Waals surface area contributed by atoms with Gasteiger partial charge in [0.2, 0.25) is 11.8 Å². The van der Waals surface area contributed by atoms with Crippen molar-refractivity contribution >= 4 is 11.8 Å². The van der Waals surface area contributed by atoms with Gasteiger partial charge in [-0.3, -0.25) is 14.6 Å². The van der Waals surface area contributed by atoms with Crippen molar-refractivity contribution in [3.63, 3.8) is 0 Å². The third-order valence-corrected chi connectivity index (χ3v) is 5.58. The highest BCUT2D eigenvalue weighted by Gasteiger charge is 2.41. The maximum atomic E-state index is 12.4. The van der Waals surface area contributed by atoms with Crippen LogP contribution in [-0.4, -0.2) is 46.2 Å². The van der Waals surface area contributed by atoms with Crippen molar-refractivity contribution < 1.29 is 9.59 Å². The molecule has 1 aromatic rings. The molecular formula is C20H27N3O2. The second-order valence-corrected chi connectivity index (χ2v) is 7.26. The van der Waals surface area contributed by atoms with Crippen LogP contribution in [-0.2, 0) is 16.1 Å². The van der Waals surface area contributed by atoms with Crippen LogP contribution >= 0.6 is 0 Å². The summed E-state index contributed by atoms with van der Waals surface area (Å²) < 4.78 is 0. The number of aromatic nitrogens is 1. The molecule has 134 valence electrons. The van der Waals surface area contributed by atoms with Gasteiger partial charge in [0.25, 0.3) is 0 Å². The van der Waals surface area contributed by atoms with E-state index in [1.165, 1.54) is 0 Å². The molecule has 0 radical (unpaired) electrons. The molecule has 5 heteroatoms. The molecule has 25 heavy (non-hydrogen) atoms. The molecule has 0 atom stereocenters. The van der Waals surface area contributed by atoms with E-state index in [9.17, 15) is 9.59 Å². The Morgan fingerprint density at radius 1 is 1.24 bits per heavy atom. The van der Waals surface area contributed by atoms with Crippen LogP contribution < -0.4 is 0 Å². The molecule has 1 aromatic heterocycles. The lowest BCUT2D eigenvalue weighted by molar-refractivity contribution is -0.142. The summed E-state index contributed by atoms with van der Waals surface area (Å²) in [5, 5.41) is 0. The van der Waals surface area contributed by atoms with Crippen LogP contribution in [0.15, 0.2) is 36.7 Å². The largest absolute Gasteiger partial charge is 0.342 e. The predicted molar refractivity (Wildman–Crippen MR) is 96.6 cm³/mol. The van der Waals surface area contributed by atoms with Gasteiger partial charge in [0.05, 0.1) is 0 Å². The van der Waals surface area contributed by atoms with Gasteiger partial charge in [0, 0.05) is 51.4 Å². The van der Waals surface area contributed by atoms with Crippen LogP contribution in [0.2, 0.25) is 0 Å². The minimum absolute atomic E-state index is 0.179. The van der Waals surface area contributed by atoms with Crippen molar-refractivity contribution in [3.8, 4) is 0 Å². The quantitative estimate of drug-likeness (QED) is 0.791. The molecule has 0 unspecified atom stereocenters. The lowest BCUT2D eigenvalue weighted by atomic mass is 9.72. The van der Waals surface area contributed by atoms with E-state index >= 15 is 0 Å². The number of hydrogen-bond donors (Lipinski definition) is 0. The summed E-state index contributed by atoms with van der Waals surface area (Å²) in [6.07, 6.45) is 11.4. The summed E-state index contributed by atoms with van der Waals surface area (Å²) in [7, 11) is 0. The molecule has 0 aromatic carbocycles. The maximum Gasteiger partial charge on any atom is 0.226 e. The Hall–Kier alpha value is -2.17. The first-order valence-corrected chi connectivity index (χ1v) is 9.17. The topological polar surface area (TPSA) is 53.5 Å². The van der Waals surface area contributed by atoms with Crippen molar-refractivity contribution in [2.24, 2.45) is 5.41 Å². The van der Waals surface area contributed by atoms with Crippen LogP contribution in [0.25, 0.3) is 0 Å². The molecular weight excluding hydrogens is 314 g/mol. The zero-order valence-electron chi connectivity index (χ0n) is 15.0. The van der Waals surface area contributed by atoms with E-state index in [-0.39, 0.29) is 17.2 Å². The second kappa shape index (κ2) is 7.81. The third kappa shape index (κ3) is 4.27. The highest BCUT2D eigenvalue weighted by molar-refractivity contribution is 5.78. The van der Waals surface area contributed by atoms with Crippen LogP contribution in [0.5, 0.6) is 0 Å². The average Bonchev–Trinajstić information content (AvgIpc) is 2.64. The first-order valence-electron chi connectivity index (χ1n) is 9.17. The van der Waals surface area contributed by atoms with Gasteiger partial charge in [-0.05, 0) is 49.3 Å². The summed E-state index contributed by atoms with van der Waals surface area (Å²) in [4.78, 5) is 32.6. The molecule has 5 nitrogen and oxygen atoms in total. The molecule has 0 bridgehead atoms.